The van der Waals surface area contributed by atoms with Crippen LogP contribution >= 0.6 is 0 Å². The number of nitrogens with one attached hydrogen (secondary N) is 1. The van der Waals surface area contributed by atoms with Crippen molar-refractivity contribution in [2.75, 3.05) is 13.2 Å². The summed E-state index contributed by atoms with van der Waals surface area (Å²) in [5.74, 6) is -0.709. The van der Waals surface area contributed by atoms with E-state index in [1.807, 2.05) is 0 Å². The van der Waals surface area contributed by atoms with Crippen molar-refractivity contribution in [1.82, 2.24) is 5.32 Å². The van der Waals surface area contributed by atoms with Gasteiger partial charge >= 0.3 is 0 Å². The Hall–Kier alpha value is -1.15. The van der Waals surface area contributed by atoms with Crippen molar-refractivity contribution in [2.45, 2.75) is 242 Å². The van der Waals surface area contributed by atoms with Crippen LogP contribution in [0.25, 0.3) is 0 Å². The summed E-state index contributed by atoms with van der Waals surface area (Å²) in [7, 11) is 0. The Balaban J connectivity index is 2.47. The third kappa shape index (κ3) is 23.8. The molecule has 8 N–H and O–H groups in total. The normalized spacial score (nSPS) is 22.7. The van der Waals surface area contributed by atoms with Gasteiger partial charge in [0, 0.05) is 0 Å². The molecule has 1 aliphatic heterocycles. The Kier molecular flexibility index (Phi) is 32.0. The van der Waals surface area contributed by atoms with E-state index in [1.54, 1.807) is 0 Å². The van der Waals surface area contributed by atoms with Crippen LogP contribution in [0.3, 0.4) is 0 Å². The van der Waals surface area contributed by atoms with E-state index in [2.05, 4.69) is 31.3 Å². The van der Waals surface area contributed by atoms with Gasteiger partial charge in [-0.25, -0.2) is 0 Å². The summed E-state index contributed by atoms with van der Waals surface area (Å²) in [5, 5.41) is 75.3. The second kappa shape index (κ2) is 33.9. The molecule has 9 atom stereocenters. The molecule has 0 bridgehead atoms. The molecule has 0 aliphatic carbocycles. The molecule has 1 rings (SSSR count). The second-order valence-electron chi connectivity index (χ2n) is 15.8. The van der Waals surface area contributed by atoms with E-state index >= 15 is 0 Å². The van der Waals surface area contributed by atoms with Gasteiger partial charge in [-0.3, -0.25) is 4.79 Å². The molecule has 1 amide bonds. The second-order valence-corrected chi connectivity index (χ2v) is 15.8. The first kappa shape index (κ1) is 50.9. The van der Waals surface area contributed by atoms with Gasteiger partial charge in [0.05, 0.1) is 25.4 Å². The molecule has 0 aromatic rings. The summed E-state index contributed by atoms with van der Waals surface area (Å²) in [5.41, 5.74) is 0. The maximum Gasteiger partial charge on any atom is 0.249 e. The Morgan fingerprint density at radius 1 is 0.630 bits per heavy atom. The van der Waals surface area contributed by atoms with Gasteiger partial charge in [-0.15, -0.1) is 0 Å². The monoisotopic (exact) mass is 774 g/mol. The van der Waals surface area contributed by atoms with E-state index < -0.39 is 74.2 Å². The van der Waals surface area contributed by atoms with Crippen LogP contribution in [0.1, 0.15) is 187 Å². The van der Waals surface area contributed by atoms with Crippen LogP contribution in [0.2, 0.25) is 0 Å². The topological polar surface area (TPSA) is 189 Å². The Labute approximate surface area is 328 Å². The molecule has 1 heterocycles. The first-order chi connectivity index (χ1) is 26.2. The van der Waals surface area contributed by atoms with Gasteiger partial charge in [0.15, 0.2) is 6.29 Å². The summed E-state index contributed by atoms with van der Waals surface area (Å²) in [6.45, 7) is 3.39. The zero-order valence-corrected chi connectivity index (χ0v) is 34.2. The molecule has 11 heteroatoms. The molecular weight excluding hydrogens is 690 g/mol. The quantitative estimate of drug-likeness (QED) is 0.0258. The maximum atomic E-state index is 13.0. The van der Waals surface area contributed by atoms with Crippen molar-refractivity contribution in [3.05, 3.63) is 12.2 Å². The number of hydrogen-bond donors (Lipinski definition) is 8. The lowest BCUT2D eigenvalue weighted by molar-refractivity contribution is -0.303. The SMILES string of the molecule is CCCCCCCCCCCCCCC/C=C/CCCC(O)C(O)C(COC1OC(CO)C(O)C(O)C1O)NC(=O)C(O)CCCCCCCCCCC. The standard InChI is InChI=1S/C43H83NO10/c1-3-5-7-9-11-13-14-15-16-17-18-19-20-21-23-24-26-28-30-35(46)38(48)34(33-53-43-41(51)40(50)39(49)37(32-45)54-43)44-42(52)36(47)31-29-27-25-22-12-10-8-6-4-2/h23-24,34-41,43,45-51H,3-22,25-33H2,1-2H3,(H,44,52)/b24-23+. The third-order valence-corrected chi connectivity index (χ3v) is 10.8. The van der Waals surface area contributed by atoms with Crippen LogP contribution in [0.15, 0.2) is 12.2 Å². The molecule has 54 heavy (non-hydrogen) atoms. The summed E-state index contributed by atoms with van der Waals surface area (Å²) in [6, 6.07) is -1.18. The smallest absolute Gasteiger partial charge is 0.249 e. The fourth-order valence-corrected chi connectivity index (χ4v) is 7.09. The van der Waals surface area contributed by atoms with E-state index in [9.17, 15) is 40.5 Å². The van der Waals surface area contributed by atoms with Crippen molar-refractivity contribution in [3.8, 4) is 0 Å². The molecule has 11 nitrogen and oxygen atoms in total. The van der Waals surface area contributed by atoms with Gasteiger partial charge in [-0.05, 0) is 38.5 Å². The molecule has 320 valence electrons. The van der Waals surface area contributed by atoms with Crippen LogP contribution < -0.4 is 5.32 Å². The molecule has 1 saturated heterocycles. The van der Waals surface area contributed by atoms with Gasteiger partial charge in [-0.1, -0.05) is 161 Å². The number of aliphatic hydroxyl groups excluding tert-OH is 7. The van der Waals surface area contributed by atoms with Crippen LogP contribution in [0.5, 0.6) is 0 Å². The summed E-state index contributed by atoms with van der Waals surface area (Å²) in [4.78, 5) is 13.0. The molecular formula is C43H83NO10. The zero-order valence-electron chi connectivity index (χ0n) is 34.2. The number of carbonyl (C=O) groups excluding carboxylic acids is 1. The number of allylic oxidation sites excluding steroid dienone is 2. The number of unbranched alkanes of at least 4 members (excludes halogenated alkanes) is 22. The van der Waals surface area contributed by atoms with Crippen molar-refractivity contribution in [1.29, 1.82) is 0 Å². The highest BCUT2D eigenvalue weighted by atomic mass is 16.7. The first-order valence-corrected chi connectivity index (χ1v) is 22.1. The van der Waals surface area contributed by atoms with Crippen molar-refractivity contribution >= 4 is 5.91 Å². The van der Waals surface area contributed by atoms with Gasteiger partial charge in [0.25, 0.3) is 0 Å². The number of carbonyl (C=O) groups is 1. The zero-order chi connectivity index (χ0) is 39.8. The van der Waals surface area contributed by atoms with Crippen LogP contribution in [0, 0.1) is 0 Å². The minimum Gasteiger partial charge on any atom is -0.394 e. The summed E-state index contributed by atoms with van der Waals surface area (Å²) >= 11 is 0. The minimum absolute atomic E-state index is 0.256. The lowest BCUT2D eigenvalue weighted by atomic mass is 9.98. The van der Waals surface area contributed by atoms with E-state index in [-0.39, 0.29) is 12.8 Å². The molecule has 0 radical (unpaired) electrons. The van der Waals surface area contributed by atoms with E-state index in [1.165, 1.54) is 109 Å². The lowest BCUT2D eigenvalue weighted by Crippen LogP contribution is -2.60. The highest BCUT2D eigenvalue weighted by molar-refractivity contribution is 5.80. The summed E-state index contributed by atoms with van der Waals surface area (Å²) < 4.78 is 11.0. The van der Waals surface area contributed by atoms with E-state index in [0.717, 1.165) is 38.5 Å². The van der Waals surface area contributed by atoms with Crippen molar-refractivity contribution in [2.24, 2.45) is 0 Å². The van der Waals surface area contributed by atoms with E-state index in [4.69, 9.17) is 9.47 Å². The fraction of sp³-hybridized carbons (Fsp3) is 0.930. The number of hydrogen-bond acceptors (Lipinski definition) is 10. The molecule has 0 aromatic carbocycles. The minimum atomic E-state index is -1.66. The molecule has 1 fully saturated rings. The molecule has 0 aromatic heterocycles. The van der Waals surface area contributed by atoms with Gasteiger partial charge in [-0.2, -0.15) is 0 Å². The maximum absolute atomic E-state index is 13.0. The fourth-order valence-electron chi connectivity index (χ4n) is 7.09. The predicted molar refractivity (Wildman–Crippen MR) is 215 cm³/mol. The predicted octanol–water partition coefficient (Wildman–Crippen LogP) is 6.50. The Morgan fingerprint density at radius 3 is 1.59 bits per heavy atom. The molecule has 9 unspecified atom stereocenters. The number of rotatable bonds is 36. The van der Waals surface area contributed by atoms with E-state index in [0.29, 0.717) is 12.8 Å². The van der Waals surface area contributed by atoms with Crippen LogP contribution in [-0.4, -0.2) is 110 Å². The van der Waals surface area contributed by atoms with Crippen molar-refractivity contribution in [3.63, 3.8) is 0 Å². The molecule has 0 saturated carbocycles. The van der Waals surface area contributed by atoms with Crippen LogP contribution in [-0.2, 0) is 14.3 Å². The average molecular weight is 774 g/mol. The largest absolute Gasteiger partial charge is 0.394 e. The number of aliphatic hydroxyl groups is 7. The van der Waals surface area contributed by atoms with Crippen LogP contribution in [0.4, 0.5) is 0 Å². The van der Waals surface area contributed by atoms with Crippen molar-refractivity contribution < 1.29 is 50.0 Å². The Bertz CT molecular complexity index is 892. The van der Waals surface area contributed by atoms with Gasteiger partial charge < -0.3 is 50.5 Å². The number of ether oxygens (including phenoxy) is 2. The third-order valence-electron chi connectivity index (χ3n) is 10.8. The van der Waals surface area contributed by atoms with Gasteiger partial charge in [0.2, 0.25) is 5.91 Å². The number of amides is 1. The Morgan fingerprint density at radius 2 is 1.09 bits per heavy atom. The molecule has 1 aliphatic rings. The molecule has 0 spiro atoms. The highest BCUT2D eigenvalue weighted by Crippen LogP contribution is 2.23. The van der Waals surface area contributed by atoms with Gasteiger partial charge in [0.1, 0.15) is 36.6 Å². The first-order valence-electron chi connectivity index (χ1n) is 22.1. The average Bonchev–Trinajstić information content (AvgIpc) is 3.17. The lowest BCUT2D eigenvalue weighted by Gasteiger charge is -2.40. The summed E-state index contributed by atoms with van der Waals surface area (Å²) in [6.07, 6.45) is 22.8. The highest BCUT2D eigenvalue weighted by Gasteiger charge is 2.44.